The number of rotatable bonds is 2. The molecular formula is C12H19F3N2OS. The quantitative estimate of drug-likeness (QED) is 0.844. The first kappa shape index (κ1) is 15.0. The molecule has 7 heteroatoms. The third-order valence-electron chi connectivity index (χ3n) is 3.77. The van der Waals surface area contributed by atoms with Gasteiger partial charge in [0.2, 0.25) is 5.91 Å². The maximum Gasteiger partial charge on any atom is 0.405 e. The van der Waals surface area contributed by atoms with Gasteiger partial charge in [-0.1, -0.05) is 0 Å². The number of thioether (sulfide) groups is 1. The van der Waals surface area contributed by atoms with Crippen molar-refractivity contribution in [2.75, 3.05) is 31.1 Å². The Morgan fingerprint density at radius 1 is 1.32 bits per heavy atom. The van der Waals surface area contributed by atoms with Gasteiger partial charge in [0.15, 0.2) is 0 Å². The van der Waals surface area contributed by atoms with E-state index in [2.05, 4.69) is 5.32 Å². The fraction of sp³-hybridized carbons (Fsp3) is 0.917. The Bertz CT molecular complexity index is 319. The van der Waals surface area contributed by atoms with Gasteiger partial charge in [-0.05, 0) is 30.3 Å². The third-order valence-corrected chi connectivity index (χ3v) is 4.82. The largest absolute Gasteiger partial charge is 0.405 e. The Morgan fingerprint density at radius 2 is 2.00 bits per heavy atom. The Labute approximate surface area is 115 Å². The lowest BCUT2D eigenvalue weighted by Crippen LogP contribution is -2.51. The van der Waals surface area contributed by atoms with Gasteiger partial charge in [-0.3, -0.25) is 9.69 Å². The Morgan fingerprint density at radius 3 is 2.63 bits per heavy atom. The summed E-state index contributed by atoms with van der Waals surface area (Å²) in [5.41, 5.74) is 0. The summed E-state index contributed by atoms with van der Waals surface area (Å²) in [6.07, 6.45) is -2.16. The predicted molar refractivity (Wildman–Crippen MR) is 69.1 cm³/mol. The molecule has 0 spiro atoms. The molecule has 0 aliphatic carbocycles. The average molecular weight is 296 g/mol. The first-order chi connectivity index (χ1) is 8.97. The maximum absolute atomic E-state index is 13.1. The molecule has 0 radical (unpaired) electrons. The Hall–Kier alpha value is -0.430. The minimum Gasteiger partial charge on any atom is -0.354 e. The van der Waals surface area contributed by atoms with Crippen molar-refractivity contribution in [1.82, 2.24) is 10.2 Å². The van der Waals surface area contributed by atoms with Gasteiger partial charge in [-0.25, -0.2) is 0 Å². The summed E-state index contributed by atoms with van der Waals surface area (Å²) < 4.78 is 39.2. The smallest absolute Gasteiger partial charge is 0.354 e. The van der Waals surface area contributed by atoms with Crippen LogP contribution in [-0.2, 0) is 4.79 Å². The van der Waals surface area contributed by atoms with E-state index in [1.54, 1.807) is 0 Å². The molecule has 0 aromatic rings. The predicted octanol–water partition coefficient (Wildman–Crippen LogP) is 1.88. The molecule has 1 atom stereocenters. The zero-order valence-corrected chi connectivity index (χ0v) is 11.5. The van der Waals surface area contributed by atoms with Crippen LogP contribution in [0, 0.1) is 5.92 Å². The zero-order valence-electron chi connectivity index (χ0n) is 10.7. The lowest BCUT2D eigenvalue weighted by Gasteiger charge is -2.34. The molecule has 2 aliphatic rings. The van der Waals surface area contributed by atoms with Crippen molar-refractivity contribution in [1.29, 1.82) is 0 Å². The molecule has 1 amide bonds. The van der Waals surface area contributed by atoms with Crippen LogP contribution in [0.15, 0.2) is 0 Å². The van der Waals surface area contributed by atoms with Gasteiger partial charge in [0, 0.05) is 26.1 Å². The molecule has 0 aromatic heterocycles. The van der Waals surface area contributed by atoms with E-state index in [0.717, 1.165) is 24.3 Å². The van der Waals surface area contributed by atoms with E-state index in [4.69, 9.17) is 0 Å². The summed E-state index contributed by atoms with van der Waals surface area (Å²) in [5, 5.41) is 2.36. The minimum atomic E-state index is -4.28. The lowest BCUT2D eigenvalue weighted by molar-refractivity contribution is -0.182. The highest BCUT2D eigenvalue weighted by molar-refractivity contribution is 7.99. The second-order valence-electron chi connectivity index (χ2n) is 5.16. The fourth-order valence-corrected chi connectivity index (χ4v) is 3.84. The summed E-state index contributed by atoms with van der Waals surface area (Å²) in [5.74, 6) is 2.12. The molecule has 3 nitrogen and oxygen atoms in total. The highest BCUT2D eigenvalue weighted by atomic mass is 32.2. The van der Waals surface area contributed by atoms with Gasteiger partial charge in [-0.2, -0.15) is 24.9 Å². The van der Waals surface area contributed by atoms with Gasteiger partial charge in [0.1, 0.15) is 6.04 Å². The normalized spacial score (nSPS) is 27.9. The van der Waals surface area contributed by atoms with Crippen LogP contribution in [0.5, 0.6) is 0 Å². The van der Waals surface area contributed by atoms with Gasteiger partial charge >= 0.3 is 6.18 Å². The number of carbonyl (C=O) groups excluding carboxylic acids is 1. The molecule has 19 heavy (non-hydrogen) atoms. The van der Waals surface area contributed by atoms with Crippen molar-refractivity contribution in [3.05, 3.63) is 0 Å². The number of hydrogen-bond donors (Lipinski definition) is 1. The molecule has 0 saturated carbocycles. The van der Waals surface area contributed by atoms with Crippen LogP contribution in [0.3, 0.4) is 0 Å². The topological polar surface area (TPSA) is 32.3 Å². The van der Waals surface area contributed by atoms with Crippen molar-refractivity contribution in [3.8, 4) is 0 Å². The van der Waals surface area contributed by atoms with E-state index >= 15 is 0 Å². The molecule has 0 bridgehead atoms. The number of nitrogens with one attached hydrogen (secondary N) is 1. The van der Waals surface area contributed by atoms with Crippen LogP contribution in [0.25, 0.3) is 0 Å². The summed E-state index contributed by atoms with van der Waals surface area (Å²) in [6.45, 7) is 0.350. The SMILES string of the molecule is O=C1CCN(CC2CCSCC2)C(C(F)(F)F)CN1. The van der Waals surface area contributed by atoms with Gasteiger partial charge in [0.05, 0.1) is 0 Å². The maximum atomic E-state index is 13.1. The number of hydrogen-bond acceptors (Lipinski definition) is 3. The average Bonchev–Trinajstić information content (AvgIpc) is 2.53. The molecule has 110 valence electrons. The molecule has 2 saturated heterocycles. The van der Waals surface area contributed by atoms with Crippen LogP contribution in [0.2, 0.25) is 0 Å². The van der Waals surface area contributed by atoms with Crippen LogP contribution >= 0.6 is 11.8 Å². The summed E-state index contributed by atoms with van der Waals surface area (Å²) in [4.78, 5) is 12.7. The van der Waals surface area contributed by atoms with E-state index in [1.165, 1.54) is 4.90 Å². The molecule has 1 N–H and O–H groups in total. The molecule has 2 fully saturated rings. The van der Waals surface area contributed by atoms with Gasteiger partial charge in [0.25, 0.3) is 0 Å². The van der Waals surface area contributed by atoms with E-state index in [0.29, 0.717) is 12.5 Å². The number of halogens is 3. The number of carbonyl (C=O) groups is 1. The Kier molecular flexibility index (Phi) is 5.00. The zero-order chi connectivity index (χ0) is 13.9. The van der Waals surface area contributed by atoms with Crippen molar-refractivity contribution in [2.24, 2.45) is 5.92 Å². The number of alkyl halides is 3. The van der Waals surface area contributed by atoms with Gasteiger partial charge in [-0.15, -0.1) is 0 Å². The summed E-state index contributed by atoms with van der Waals surface area (Å²) in [7, 11) is 0. The molecule has 2 heterocycles. The third kappa shape index (κ3) is 4.27. The second kappa shape index (κ2) is 6.35. The Balaban J connectivity index is 2.01. The first-order valence-corrected chi connectivity index (χ1v) is 7.77. The second-order valence-corrected chi connectivity index (χ2v) is 6.39. The van der Waals surface area contributed by atoms with Crippen LogP contribution in [0.4, 0.5) is 13.2 Å². The molecule has 0 aromatic carbocycles. The first-order valence-electron chi connectivity index (χ1n) is 6.62. The van der Waals surface area contributed by atoms with Gasteiger partial charge < -0.3 is 5.32 Å². The fourth-order valence-electron chi connectivity index (χ4n) is 2.63. The highest BCUT2D eigenvalue weighted by Gasteiger charge is 2.45. The van der Waals surface area contributed by atoms with Crippen LogP contribution < -0.4 is 5.32 Å². The number of amides is 1. The standard InChI is InChI=1S/C12H19F3N2OS/c13-12(14,15)10-7-16-11(18)1-4-17(10)8-9-2-5-19-6-3-9/h9-10H,1-8H2,(H,16,18). The molecule has 1 unspecified atom stereocenters. The minimum absolute atomic E-state index is 0.161. The van der Waals surface area contributed by atoms with Crippen molar-refractivity contribution in [3.63, 3.8) is 0 Å². The molecule has 2 aliphatic heterocycles. The summed E-state index contributed by atoms with van der Waals surface area (Å²) >= 11 is 1.86. The van der Waals surface area contributed by atoms with Crippen LogP contribution in [0.1, 0.15) is 19.3 Å². The van der Waals surface area contributed by atoms with E-state index in [-0.39, 0.29) is 25.4 Å². The van der Waals surface area contributed by atoms with Crippen LogP contribution in [-0.4, -0.2) is 54.2 Å². The van der Waals surface area contributed by atoms with Crippen molar-refractivity contribution >= 4 is 17.7 Å². The number of nitrogens with zero attached hydrogens (tertiary/aromatic N) is 1. The monoisotopic (exact) mass is 296 g/mol. The van der Waals surface area contributed by atoms with Crippen molar-refractivity contribution in [2.45, 2.75) is 31.5 Å². The van der Waals surface area contributed by atoms with E-state index in [1.807, 2.05) is 11.8 Å². The highest BCUT2D eigenvalue weighted by Crippen LogP contribution is 2.29. The van der Waals surface area contributed by atoms with E-state index < -0.39 is 12.2 Å². The summed E-state index contributed by atoms with van der Waals surface area (Å²) in [6, 6.07) is -1.53. The molecular weight excluding hydrogens is 277 g/mol. The molecule has 2 rings (SSSR count). The van der Waals surface area contributed by atoms with E-state index in [9.17, 15) is 18.0 Å². The lowest BCUT2D eigenvalue weighted by atomic mass is 10.0. The van der Waals surface area contributed by atoms with Crippen molar-refractivity contribution < 1.29 is 18.0 Å².